The first-order valence-electron chi connectivity index (χ1n) is 13.9. The average Bonchev–Trinajstić information content (AvgIpc) is 3.43. The van der Waals surface area contributed by atoms with Crippen LogP contribution in [0, 0.1) is 31.6 Å². The molecular weight excluding hydrogens is 508 g/mol. The maximum atomic E-state index is 14.9. The Morgan fingerprint density at radius 1 is 1.18 bits per heavy atom. The first kappa shape index (κ1) is 28.1. The summed E-state index contributed by atoms with van der Waals surface area (Å²) in [6.45, 7) is 11.2. The summed E-state index contributed by atoms with van der Waals surface area (Å²) in [5, 5.41) is 21.0. The number of fused-ring (bicyclic) bond motifs is 1. The minimum Gasteiger partial charge on any atom is -0.481 e. The number of amides is 2. The fraction of sp³-hybridized carbons (Fsp3) is 0.469. The van der Waals surface area contributed by atoms with Crippen molar-refractivity contribution in [2.75, 3.05) is 18.1 Å². The molecule has 212 valence electrons. The summed E-state index contributed by atoms with van der Waals surface area (Å²) >= 11 is 0. The molecule has 2 aromatic carbocycles. The third-order valence-electron chi connectivity index (χ3n) is 9.46. The quantitative estimate of drug-likeness (QED) is 0.466. The van der Waals surface area contributed by atoms with Crippen LogP contribution < -0.4 is 4.90 Å². The van der Waals surface area contributed by atoms with E-state index in [1.54, 1.807) is 17.9 Å². The first-order valence-corrected chi connectivity index (χ1v) is 13.9. The van der Waals surface area contributed by atoms with Gasteiger partial charge in [0.15, 0.2) is 0 Å². The van der Waals surface area contributed by atoms with Crippen LogP contribution in [0.5, 0.6) is 0 Å². The molecule has 3 aliphatic rings. The summed E-state index contributed by atoms with van der Waals surface area (Å²) in [7, 11) is 0. The van der Waals surface area contributed by atoms with Crippen molar-refractivity contribution >= 4 is 23.5 Å². The van der Waals surface area contributed by atoms with Crippen LogP contribution in [0.15, 0.2) is 61.2 Å². The van der Waals surface area contributed by atoms with Gasteiger partial charge in [0, 0.05) is 12.2 Å². The summed E-state index contributed by atoms with van der Waals surface area (Å²) in [4.78, 5) is 45.0. The number of benzene rings is 2. The highest BCUT2D eigenvalue weighted by Gasteiger charge is 2.80. The van der Waals surface area contributed by atoms with Gasteiger partial charge in [-0.2, -0.15) is 0 Å². The molecule has 0 radical (unpaired) electrons. The van der Waals surface area contributed by atoms with Gasteiger partial charge in [-0.05, 0) is 56.2 Å². The molecule has 40 heavy (non-hydrogen) atoms. The number of hydrogen-bond acceptors (Lipinski definition) is 5. The van der Waals surface area contributed by atoms with Gasteiger partial charge in [-0.25, -0.2) is 0 Å². The Morgan fingerprint density at radius 2 is 1.82 bits per heavy atom. The number of anilines is 1. The highest BCUT2D eigenvalue weighted by molar-refractivity contribution is 6.05. The van der Waals surface area contributed by atoms with E-state index in [9.17, 15) is 24.6 Å². The number of para-hydroxylation sites is 1. The third kappa shape index (κ3) is 3.99. The van der Waals surface area contributed by atoms with E-state index in [-0.39, 0.29) is 25.0 Å². The molecule has 1 spiro atoms. The molecule has 3 unspecified atom stereocenters. The standard InChI is InChI=1S/C32H38N2O6/c1-6-15-33(26-19(2)11-10-12-20(26)3)29(37)27-32-17-21(4)31(5,40-32)25(30(38)39)24(32)28(36)34(27)23(18-35)16-22-13-8-7-9-14-22/h6-14,21,23-25,27,35H,1,15-18H2,2-5H3,(H,38,39)/t21?,23-,24+,25-,27?,31+,32?/m1/s1. The minimum atomic E-state index is -1.33. The van der Waals surface area contributed by atoms with Gasteiger partial charge in [-0.15, -0.1) is 6.58 Å². The van der Waals surface area contributed by atoms with Crippen molar-refractivity contribution in [3.05, 3.63) is 77.9 Å². The normalized spacial score (nSPS) is 31.2. The van der Waals surface area contributed by atoms with Gasteiger partial charge in [0.25, 0.3) is 5.91 Å². The van der Waals surface area contributed by atoms with Crippen molar-refractivity contribution in [3.8, 4) is 0 Å². The van der Waals surface area contributed by atoms with Crippen LogP contribution in [0.3, 0.4) is 0 Å². The predicted octanol–water partition coefficient (Wildman–Crippen LogP) is 3.52. The van der Waals surface area contributed by atoms with E-state index < -0.39 is 47.0 Å². The topological polar surface area (TPSA) is 107 Å². The van der Waals surface area contributed by atoms with Gasteiger partial charge in [0.05, 0.1) is 24.2 Å². The van der Waals surface area contributed by atoms with E-state index in [4.69, 9.17) is 4.74 Å². The zero-order chi connectivity index (χ0) is 29.0. The second-order valence-corrected chi connectivity index (χ2v) is 11.8. The number of ether oxygens (including phenoxy) is 1. The first-order chi connectivity index (χ1) is 19.0. The third-order valence-corrected chi connectivity index (χ3v) is 9.46. The molecule has 0 aliphatic carbocycles. The van der Waals surface area contributed by atoms with E-state index in [0.29, 0.717) is 12.8 Å². The van der Waals surface area contributed by atoms with Gasteiger partial charge in [0.1, 0.15) is 17.6 Å². The number of aliphatic hydroxyl groups is 1. The lowest BCUT2D eigenvalue weighted by molar-refractivity contribution is -0.157. The molecule has 8 nitrogen and oxygen atoms in total. The van der Waals surface area contributed by atoms with Crippen LogP contribution in [-0.4, -0.2) is 69.3 Å². The van der Waals surface area contributed by atoms with Gasteiger partial charge < -0.3 is 24.7 Å². The Morgan fingerprint density at radius 3 is 2.40 bits per heavy atom. The highest BCUT2D eigenvalue weighted by atomic mass is 16.5. The molecular formula is C32H38N2O6. The van der Waals surface area contributed by atoms with Gasteiger partial charge in [-0.1, -0.05) is 61.5 Å². The zero-order valence-electron chi connectivity index (χ0n) is 23.5. The van der Waals surface area contributed by atoms with Gasteiger partial charge >= 0.3 is 5.97 Å². The summed E-state index contributed by atoms with van der Waals surface area (Å²) in [6, 6.07) is 13.4. The lowest BCUT2D eigenvalue weighted by Gasteiger charge is -2.40. The SMILES string of the molecule is C=CCN(C(=O)C1N([C@@H](CO)Cc2ccccc2)C(=O)[C@@H]2[C@H](C(=O)O)[C@@]3(C)OC12CC3C)c1c(C)cccc1C. The molecule has 0 aromatic heterocycles. The number of carboxylic acids is 1. The fourth-order valence-corrected chi connectivity index (χ4v) is 7.66. The van der Waals surface area contributed by atoms with Crippen molar-refractivity contribution in [2.24, 2.45) is 17.8 Å². The molecule has 3 aliphatic heterocycles. The van der Waals surface area contributed by atoms with Crippen LogP contribution in [0.2, 0.25) is 0 Å². The maximum absolute atomic E-state index is 14.9. The van der Waals surface area contributed by atoms with Crippen molar-refractivity contribution in [2.45, 2.75) is 63.8 Å². The van der Waals surface area contributed by atoms with Crippen molar-refractivity contribution in [1.82, 2.24) is 4.90 Å². The molecule has 2 N–H and O–H groups in total. The number of rotatable bonds is 9. The van der Waals surface area contributed by atoms with Crippen molar-refractivity contribution in [3.63, 3.8) is 0 Å². The molecule has 3 heterocycles. The lowest BCUT2D eigenvalue weighted by Crippen LogP contribution is -2.59. The molecule has 3 fully saturated rings. The highest BCUT2D eigenvalue weighted by Crippen LogP contribution is 2.65. The van der Waals surface area contributed by atoms with E-state index in [1.807, 2.05) is 69.3 Å². The fourth-order valence-electron chi connectivity index (χ4n) is 7.66. The molecule has 3 saturated heterocycles. The second kappa shape index (κ2) is 10.2. The van der Waals surface area contributed by atoms with Crippen LogP contribution in [0.4, 0.5) is 5.69 Å². The zero-order valence-corrected chi connectivity index (χ0v) is 23.5. The number of aliphatic carboxylic acids is 1. The largest absolute Gasteiger partial charge is 0.481 e. The average molecular weight is 547 g/mol. The molecule has 2 aromatic rings. The van der Waals surface area contributed by atoms with Crippen molar-refractivity contribution in [1.29, 1.82) is 0 Å². The smallest absolute Gasteiger partial charge is 0.310 e. The van der Waals surface area contributed by atoms with E-state index in [0.717, 1.165) is 22.4 Å². The molecule has 8 heteroatoms. The summed E-state index contributed by atoms with van der Waals surface area (Å²) in [5.74, 6) is -4.24. The number of hydrogen-bond donors (Lipinski definition) is 2. The van der Waals surface area contributed by atoms with E-state index in [1.165, 1.54) is 4.90 Å². The number of carboxylic acid groups (broad SMARTS) is 1. The molecule has 5 rings (SSSR count). The van der Waals surface area contributed by atoms with Crippen LogP contribution >= 0.6 is 0 Å². The summed E-state index contributed by atoms with van der Waals surface area (Å²) in [6.07, 6.45) is 2.32. The molecule has 0 saturated carbocycles. The number of nitrogens with zero attached hydrogens (tertiary/aromatic N) is 2. The monoisotopic (exact) mass is 546 g/mol. The second-order valence-electron chi connectivity index (χ2n) is 11.8. The molecule has 2 amide bonds. The van der Waals surface area contributed by atoms with Gasteiger partial charge in [-0.3, -0.25) is 14.4 Å². The number of aryl methyl sites for hydroxylation is 2. The van der Waals surface area contributed by atoms with E-state index >= 15 is 0 Å². The summed E-state index contributed by atoms with van der Waals surface area (Å²) < 4.78 is 6.66. The Bertz CT molecular complexity index is 1320. The minimum absolute atomic E-state index is 0.192. The lowest BCUT2D eigenvalue weighted by atomic mass is 9.62. The molecule has 7 atom stereocenters. The van der Waals surface area contributed by atoms with Crippen molar-refractivity contribution < 1.29 is 29.3 Å². The maximum Gasteiger partial charge on any atom is 0.310 e. The number of carbonyl (C=O) groups is 3. The number of aliphatic hydroxyl groups excluding tert-OH is 1. The van der Waals surface area contributed by atoms with E-state index in [2.05, 4.69) is 6.58 Å². The van der Waals surface area contributed by atoms with Crippen LogP contribution in [0.1, 0.15) is 37.0 Å². The number of likely N-dealkylation sites (tertiary alicyclic amines) is 1. The molecule has 2 bridgehead atoms. The Kier molecular flexibility index (Phi) is 7.13. The predicted molar refractivity (Wildman–Crippen MR) is 151 cm³/mol. The Labute approximate surface area is 235 Å². The number of carbonyl (C=O) groups excluding carboxylic acids is 2. The Hall–Kier alpha value is -3.49. The van der Waals surface area contributed by atoms with Gasteiger partial charge in [0.2, 0.25) is 5.91 Å². The Balaban J connectivity index is 1.68. The summed E-state index contributed by atoms with van der Waals surface area (Å²) in [5.41, 5.74) is 0.989. The van der Waals surface area contributed by atoms with Crippen LogP contribution in [0.25, 0.3) is 0 Å². The van der Waals surface area contributed by atoms with Crippen LogP contribution in [-0.2, 0) is 25.5 Å².